The summed E-state index contributed by atoms with van der Waals surface area (Å²) in [5.41, 5.74) is 0.724. The first-order valence-corrected chi connectivity index (χ1v) is 9.04. The van der Waals surface area contributed by atoms with E-state index in [0.717, 1.165) is 6.07 Å². The van der Waals surface area contributed by atoms with Crippen LogP contribution in [0.3, 0.4) is 0 Å². The zero-order valence-corrected chi connectivity index (χ0v) is 14.3. The molecule has 0 spiro atoms. The Morgan fingerprint density at radius 2 is 1.62 bits per heavy atom. The van der Waals surface area contributed by atoms with E-state index < -0.39 is 20.7 Å². The standard InChI is InChI=1S/C17H19FN2O3S/c1-3-20(4-2)17(21)13-9-11-14(12-10-13)19-24(22,23)16-8-6-5-7-15(16)18/h5-12,19H,3-4H2,1-2H3. The lowest BCUT2D eigenvalue weighted by Crippen LogP contribution is -2.30. The summed E-state index contributed by atoms with van der Waals surface area (Å²) in [5, 5.41) is 0. The lowest BCUT2D eigenvalue weighted by atomic mass is 10.2. The zero-order chi connectivity index (χ0) is 17.7. The first kappa shape index (κ1) is 17.9. The molecular formula is C17H19FN2O3S. The van der Waals surface area contributed by atoms with Crippen molar-refractivity contribution in [2.75, 3.05) is 17.8 Å². The predicted molar refractivity (Wildman–Crippen MR) is 90.9 cm³/mol. The molecule has 0 aliphatic heterocycles. The molecule has 128 valence electrons. The van der Waals surface area contributed by atoms with Crippen LogP contribution in [0.5, 0.6) is 0 Å². The minimum atomic E-state index is -4.02. The van der Waals surface area contributed by atoms with Crippen LogP contribution in [-0.4, -0.2) is 32.3 Å². The topological polar surface area (TPSA) is 66.5 Å². The third-order valence-corrected chi connectivity index (χ3v) is 4.98. The van der Waals surface area contributed by atoms with Gasteiger partial charge in [-0.05, 0) is 50.2 Å². The Labute approximate surface area is 141 Å². The number of hydrogen-bond acceptors (Lipinski definition) is 3. The highest BCUT2D eigenvalue weighted by Gasteiger charge is 2.19. The number of anilines is 1. The number of carbonyl (C=O) groups is 1. The molecule has 24 heavy (non-hydrogen) atoms. The van der Waals surface area contributed by atoms with Gasteiger partial charge in [0.2, 0.25) is 0 Å². The minimum absolute atomic E-state index is 0.122. The number of nitrogens with one attached hydrogen (secondary N) is 1. The molecule has 5 nitrogen and oxygen atoms in total. The maximum Gasteiger partial charge on any atom is 0.264 e. The van der Waals surface area contributed by atoms with Crippen LogP contribution in [0.1, 0.15) is 24.2 Å². The molecule has 0 saturated heterocycles. The van der Waals surface area contributed by atoms with Gasteiger partial charge in [0.25, 0.3) is 15.9 Å². The molecule has 2 aromatic rings. The van der Waals surface area contributed by atoms with Crippen molar-refractivity contribution in [1.29, 1.82) is 0 Å². The Balaban J connectivity index is 2.20. The van der Waals surface area contributed by atoms with E-state index in [-0.39, 0.29) is 11.6 Å². The summed E-state index contributed by atoms with van der Waals surface area (Å²) >= 11 is 0. The van der Waals surface area contributed by atoms with Crippen molar-refractivity contribution in [3.05, 3.63) is 59.9 Å². The van der Waals surface area contributed by atoms with Crippen LogP contribution in [0.2, 0.25) is 0 Å². The Morgan fingerprint density at radius 1 is 1.04 bits per heavy atom. The van der Waals surface area contributed by atoms with E-state index in [1.807, 2.05) is 13.8 Å². The number of benzene rings is 2. The van der Waals surface area contributed by atoms with E-state index in [2.05, 4.69) is 4.72 Å². The van der Waals surface area contributed by atoms with Crippen LogP contribution >= 0.6 is 0 Å². The minimum Gasteiger partial charge on any atom is -0.339 e. The molecule has 0 saturated carbocycles. The SMILES string of the molecule is CCN(CC)C(=O)c1ccc(NS(=O)(=O)c2ccccc2F)cc1. The van der Waals surface area contributed by atoms with Crippen LogP contribution in [0, 0.1) is 5.82 Å². The Hall–Kier alpha value is -2.41. The molecule has 1 amide bonds. The quantitative estimate of drug-likeness (QED) is 0.870. The predicted octanol–water partition coefficient (Wildman–Crippen LogP) is 3.11. The first-order chi connectivity index (χ1) is 11.4. The average Bonchev–Trinajstić information content (AvgIpc) is 2.56. The molecule has 0 aromatic heterocycles. The van der Waals surface area contributed by atoms with Crippen molar-refractivity contribution in [2.45, 2.75) is 18.7 Å². The fourth-order valence-electron chi connectivity index (χ4n) is 2.25. The summed E-state index contributed by atoms with van der Waals surface area (Å²) in [6.45, 7) is 4.96. The van der Waals surface area contributed by atoms with Crippen molar-refractivity contribution in [3.63, 3.8) is 0 Å². The summed E-state index contributed by atoms with van der Waals surface area (Å²) in [4.78, 5) is 13.4. The molecule has 2 rings (SSSR count). The van der Waals surface area contributed by atoms with Crippen molar-refractivity contribution in [1.82, 2.24) is 4.90 Å². The molecule has 0 aliphatic carbocycles. The van der Waals surface area contributed by atoms with Crippen LogP contribution in [0.15, 0.2) is 53.4 Å². The molecule has 0 atom stereocenters. The zero-order valence-electron chi connectivity index (χ0n) is 13.5. The van der Waals surface area contributed by atoms with Crippen molar-refractivity contribution in [2.24, 2.45) is 0 Å². The summed E-state index contributed by atoms with van der Waals surface area (Å²) in [6.07, 6.45) is 0. The second kappa shape index (κ2) is 7.44. The summed E-state index contributed by atoms with van der Waals surface area (Å²) in [6, 6.07) is 11.2. The van der Waals surface area contributed by atoms with E-state index in [1.165, 1.54) is 30.3 Å². The molecule has 2 aromatic carbocycles. The van der Waals surface area contributed by atoms with Gasteiger partial charge in [0.1, 0.15) is 10.7 Å². The number of amides is 1. The van der Waals surface area contributed by atoms with Crippen LogP contribution in [-0.2, 0) is 10.0 Å². The Morgan fingerprint density at radius 3 is 2.17 bits per heavy atom. The summed E-state index contributed by atoms with van der Waals surface area (Å²) in [7, 11) is -4.02. The molecule has 0 fully saturated rings. The molecule has 0 heterocycles. The van der Waals surface area contributed by atoms with E-state index in [9.17, 15) is 17.6 Å². The van der Waals surface area contributed by atoms with Gasteiger partial charge in [-0.2, -0.15) is 0 Å². The van der Waals surface area contributed by atoms with Gasteiger partial charge in [-0.1, -0.05) is 12.1 Å². The number of sulfonamides is 1. The van der Waals surface area contributed by atoms with Gasteiger partial charge in [0.15, 0.2) is 0 Å². The summed E-state index contributed by atoms with van der Waals surface area (Å²) in [5.74, 6) is -0.943. The van der Waals surface area contributed by atoms with E-state index in [0.29, 0.717) is 18.7 Å². The number of carbonyl (C=O) groups excluding carboxylic acids is 1. The Bertz CT molecular complexity index is 816. The molecule has 0 bridgehead atoms. The second-order valence-electron chi connectivity index (χ2n) is 5.09. The van der Waals surface area contributed by atoms with E-state index >= 15 is 0 Å². The Kier molecular flexibility index (Phi) is 5.56. The summed E-state index contributed by atoms with van der Waals surface area (Å²) < 4.78 is 40.4. The fourth-order valence-corrected chi connectivity index (χ4v) is 3.39. The van der Waals surface area contributed by atoms with Gasteiger partial charge in [-0.3, -0.25) is 9.52 Å². The third kappa shape index (κ3) is 3.91. The van der Waals surface area contributed by atoms with E-state index in [1.54, 1.807) is 17.0 Å². The van der Waals surface area contributed by atoms with Gasteiger partial charge in [0, 0.05) is 24.3 Å². The third-order valence-electron chi connectivity index (χ3n) is 3.56. The van der Waals surface area contributed by atoms with Crippen LogP contribution in [0.4, 0.5) is 10.1 Å². The van der Waals surface area contributed by atoms with Crippen LogP contribution in [0.25, 0.3) is 0 Å². The van der Waals surface area contributed by atoms with Crippen LogP contribution < -0.4 is 4.72 Å². The fraction of sp³-hybridized carbons (Fsp3) is 0.235. The second-order valence-corrected chi connectivity index (χ2v) is 6.74. The molecule has 0 radical (unpaired) electrons. The maximum atomic E-state index is 13.7. The lowest BCUT2D eigenvalue weighted by molar-refractivity contribution is 0.0773. The molecule has 7 heteroatoms. The molecule has 0 unspecified atom stereocenters. The smallest absolute Gasteiger partial charge is 0.264 e. The lowest BCUT2D eigenvalue weighted by Gasteiger charge is -2.18. The van der Waals surface area contributed by atoms with E-state index in [4.69, 9.17) is 0 Å². The maximum absolute atomic E-state index is 13.7. The average molecular weight is 350 g/mol. The number of hydrogen-bond donors (Lipinski definition) is 1. The van der Waals surface area contributed by atoms with Gasteiger partial charge in [0.05, 0.1) is 0 Å². The van der Waals surface area contributed by atoms with Crippen molar-refractivity contribution in [3.8, 4) is 0 Å². The number of rotatable bonds is 6. The van der Waals surface area contributed by atoms with Crippen molar-refractivity contribution >= 4 is 21.6 Å². The monoisotopic (exact) mass is 350 g/mol. The molecular weight excluding hydrogens is 331 g/mol. The van der Waals surface area contributed by atoms with Crippen molar-refractivity contribution < 1.29 is 17.6 Å². The first-order valence-electron chi connectivity index (χ1n) is 7.55. The van der Waals surface area contributed by atoms with Gasteiger partial charge in [-0.15, -0.1) is 0 Å². The van der Waals surface area contributed by atoms with Gasteiger partial charge < -0.3 is 4.90 Å². The largest absolute Gasteiger partial charge is 0.339 e. The molecule has 1 N–H and O–H groups in total. The molecule has 0 aliphatic rings. The highest BCUT2D eigenvalue weighted by molar-refractivity contribution is 7.92. The number of halogens is 1. The van der Waals surface area contributed by atoms with Gasteiger partial charge in [-0.25, -0.2) is 12.8 Å². The highest BCUT2D eigenvalue weighted by atomic mass is 32.2. The highest BCUT2D eigenvalue weighted by Crippen LogP contribution is 2.19. The normalized spacial score (nSPS) is 11.1. The van der Waals surface area contributed by atoms with Gasteiger partial charge >= 0.3 is 0 Å². The number of nitrogens with zero attached hydrogens (tertiary/aromatic N) is 1.